The van der Waals surface area contributed by atoms with Gasteiger partial charge in [0.15, 0.2) is 5.82 Å². The first kappa shape index (κ1) is 21.6. The molecule has 2 saturated carbocycles. The van der Waals surface area contributed by atoms with Gasteiger partial charge in [-0.25, -0.2) is 14.8 Å². The number of rotatable bonds is 6. The van der Waals surface area contributed by atoms with E-state index in [1.165, 1.54) is 0 Å². The number of fused-ring (bicyclic) bond motifs is 1. The summed E-state index contributed by atoms with van der Waals surface area (Å²) < 4.78 is 7.57. The maximum atomic E-state index is 12.2. The zero-order valence-electron chi connectivity index (χ0n) is 19.8. The maximum absolute atomic E-state index is 12.2. The van der Waals surface area contributed by atoms with Crippen LogP contribution in [0, 0.1) is 6.92 Å². The molecule has 0 bridgehead atoms. The van der Waals surface area contributed by atoms with Crippen molar-refractivity contribution in [1.29, 1.82) is 0 Å². The zero-order chi connectivity index (χ0) is 24.0. The van der Waals surface area contributed by atoms with E-state index in [0.717, 1.165) is 60.5 Å². The van der Waals surface area contributed by atoms with Crippen LogP contribution in [0.5, 0.6) is 0 Å². The molecule has 0 aromatic carbocycles. The summed E-state index contributed by atoms with van der Waals surface area (Å²) >= 11 is 0. The molecular formula is C25H28N8O2. The number of carbonyl (C=O) groups is 1. The highest BCUT2D eigenvalue weighted by Crippen LogP contribution is 2.37. The number of carbonyl (C=O) groups excluding carboxylic acids is 1. The number of hydrogen-bond donors (Lipinski definition) is 3. The number of anilines is 2. The van der Waals surface area contributed by atoms with E-state index in [9.17, 15) is 4.79 Å². The highest BCUT2D eigenvalue weighted by atomic mass is 16.6. The Hall–Kier alpha value is -3.95. The third-order valence-corrected chi connectivity index (χ3v) is 6.84. The monoisotopic (exact) mass is 472 g/mol. The van der Waals surface area contributed by atoms with Gasteiger partial charge in [0.2, 0.25) is 5.95 Å². The standard InChI is InChI=1S/C25H28N8O2/c1-15-14-33-22(27-15)13-20(18-5-3-4-10-26-18)28-23(33)29-21-12-19(31-32-21)16-6-7-17(11-16)35-24(34)30-25(2)8-9-25/h3-5,10,12-14,16-17H,6-9,11H2,1-2H3,(H,30,34)(H2,28,29,31,32). The lowest BCUT2D eigenvalue weighted by molar-refractivity contribution is 0.0967. The Morgan fingerprint density at radius 2 is 2.09 bits per heavy atom. The molecule has 3 N–H and O–H groups in total. The number of aromatic nitrogens is 6. The van der Waals surface area contributed by atoms with Crippen LogP contribution in [0.15, 0.2) is 42.7 Å². The van der Waals surface area contributed by atoms with E-state index in [0.29, 0.717) is 11.8 Å². The molecule has 2 aliphatic rings. The summed E-state index contributed by atoms with van der Waals surface area (Å²) in [4.78, 5) is 26.0. The number of amides is 1. The zero-order valence-corrected chi connectivity index (χ0v) is 19.8. The predicted molar refractivity (Wildman–Crippen MR) is 130 cm³/mol. The summed E-state index contributed by atoms with van der Waals surface area (Å²) in [7, 11) is 0. The van der Waals surface area contributed by atoms with Gasteiger partial charge in [-0.05, 0) is 58.1 Å². The van der Waals surface area contributed by atoms with Gasteiger partial charge >= 0.3 is 6.09 Å². The number of nitrogens with zero attached hydrogens (tertiary/aromatic N) is 5. The van der Waals surface area contributed by atoms with Gasteiger partial charge in [0.1, 0.15) is 11.8 Å². The molecule has 4 aromatic heterocycles. The third kappa shape index (κ3) is 4.55. The summed E-state index contributed by atoms with van der Waals surface area (Å²) in [6.45, 7) is 4.00. The van der Waals surface area contributed by atoms with E-state index in [1.807, 2.05) is 54.8 Å². The molecule has 6 rings (SSSR count). The van der Waals surface area contributed by atoms with Crippen molar-refractivity contribution >= 4 is 23.5 Å². The molecule has 2 aliphatic carbocycles. The summed E-state index contributed by atoms with van der Waals surface area (Å²) in [5, 5.41) is 13.9. The van der Waals surface area contributed by atoms with Crippen LogP contribution in [0.25, 0.3) is 17.0 Å². The van der Waals surface area contributed by atoms with Crippen molar-refractivity contribution in [2.24, 2.45) is 0 Å². The Labute approximate surface area is 202 Å². The summed E-state index contributed by atoms with van der Waals surface area (Å²) in [5.74, 6) is 1.54. The fourth-order valence-corrected chi connectivity index (χ4v) is 4.64. The average molecular weight is 473 g/mol. The summed E-state index contributed by atoms with van der Waals surface area (Å²) in [6, 6.07) is 9.67. The van der Waals surface area contributed by atoms with Crippen molar-refractivity contribution in [2.75, 3.05) is 5.32 Å². The Morgan fingerprint density at radius 1 is 1.20 bits per heavy atom. The Morgan fingerprint density at radius 3 is 2.89 bits per heavy atom. The number of alkyl carbamates (subject to hydrolysis) is 1. The van der Waals surface area contributed by atoms with Crippen LogP contribution in [0.2, 0.25) is 0 Å². The van der Waals surface area contributed by atoms with Crippen LogP contribution < -0.4 is 10.6 Å². The van der Waals surface area contributed by atoms with Crippen LogP contribution in [0.1, 0.15) is 56.3 Å². The normalized spacial score (nSPS) is 20.6. The number of ether oxygens (including phenoxy) is 1. The number of hydrogen-bond acceptors (Lipinski definition) is 7. The molecule has 0 spiro atoms. The first-order valence-electron chi connectivity index (χ1n) is 12.0. The minimum absolute atomic E-state index is 0.0693. The van der Waals surface area contributed by atoms with Crippen molar-refractivity contribution in [2.45, 2.75) is 63.5 Å². The highest BCUT2D eigenvalue weighted by molar-refractivity contribution is 5.69. The maximum Gasteiger partial charge on any atom is 0.407 e. The molecule has 1 amide bonds. The van der Waals surface area contributed by atoms with Crippen LogP contribution in [-0.2, 0) is 4.74 Å². The second-order valence-corrected chi connectivity index (χ2v) is 9.85. The molecule has 0 aliphatic heterocycles. The minimum atomic E-state index is -0.305. The number of pyridine rings is 1. The fourth-order valence-electron chi connectivity index (χ4n) is 4.64. The van der Waals surface area contributed by atoms with Crippen molar-refractivity contribution in [3.63, 3.8) is 0 Å². The van der Waals surface area contributed by atoms with Crippen LogP contribution in [0.3, 0.4) is 0 Å². The molecule has 35 heavy (non-hydrogen) atoms. The average Bonchev–Trinajstić information content (AvgIpc) is 3.22. The molecule has 10 heteroatoms. The van der Waals surface area contributed by atoms with Gasteiger partial charge in [0.05, 0.1) is 17.1 Å². The number of aromatic amines is 1. The van der Waals surface area contributed by atoms with Crippen molar-refractivity contribution in [3.05, 3.63) is 54.1 Å². The largest absolute Gasteiger partial charge is 0.446 e. The molecular weight excluding hydrogens is 444 g/mol. The van der Waals surface area contributed by atoms with Gasteiger partial charge in [-0.15, -0.1) is 0 Å². The first-order valence-corrected chi connectivity index (χ1v) is 12.0. The summed E-state index contributed by atoms with van der Waals surface area (Å²) in [6.07, 6.45) is 7.91. The lowest BCUT2D eigenvalue weighted by Gasteiger charge is -2.16. The third-order valence-electron chi connectivity index (χ3n) is 6.84. The molecule has 180 valence electrons. The van der Waals surface area contributed by atoms with E-state index >= 15 is 0 Å². The molecule has 2 atom stereocenters. The smallest absolute Gasteiger partial charge is 0.407 e. The topological polar surface area (TPSA) is 122 Å². The predicted octanol–water partition coefficient (Wildman–Crippen LogP) is 4.48. The highest BCUT2D eigenvalue weighted by Gasteiger charge is 2.40. The van der Waals surface area contributed by atoms with Gasteiger partial charge in [0, 0.05) is 41.7 Å². The number of aryl methyl sites for hydroxylation is 1. The second kappa shape index (κ2) is 8.37. The first-order chi connectivity index (χ1) is 16.9. The van der Waals surface area contributed by atoms with Gasteiger partial charge in [-0.3, -0.25) is 14.5 Å². The van der Waals surface area contributed by atoms with Gasteiger partial charge in [0.25, 0.3) is 0 Å². The van der Waals surface area contributed by atoms with Gasteiger partial charge in [-0.1, -0.05) is 6.07 Å². The summed E-state index contributed by atoms with van der Waals surface area (Å²) in [5.41, 5.74) is 4.14. The van der Waals surface area contributed by atoms with Crippen molar-refractivity contribution in [1.82, 2.24) is 34.9 Å². The van der Waals surface area contributed by atoms with Crippen LogP contribution in [-0.4, -0.2) is 47.3 Å². The van der Waals surface area contributed by atoms with Crippen molar-refractivity contribution in [3.8, 4) is 11.4 Å². The molecule has 10 nitrogen and oxygen atoms in total. The number of imidazole rings is 1. The van der Waals surface area contributed by atoms with E-state index in [4.69, 9.17) is 9.72 Å². The number of nitrogens with one attached hydrogen (secondary N) is 3. The lowest BCUT2D eigenvalue weighted by Crippen LogP contribution is -2.36. The van der Waals surface area contributed by atoms with E-state index in [2.05, 4.69) is 30.8 Å². The van der Waals surface area contributed by atoms with E-state index in [-0.39, 0.29) is 23.7 Å². The van der Waals surface area contributed by atoms with Gasteiger partial charge < -0.3 is 15.4 Å². The van der Waals surface area contributed by atoms with Crippen molar-refractivity contribution < 1.29 is 9.53 Å². The quantitative estimate of drug-likeness (QED) is 0.378. The molecule has 2 fully saturated rings. The molecule has 4 aromatic rings. The van der Waals surface area contributed by atoms with Crippen LogP contribution >= 0.6 is 0 Å². The van der Waals surface area contributed by atoms with E-state index < -0.39 is 0 Å². The van der Waals surface area contributed by atoms with Gasteiger partial charge in [-0.2, -0.15) is 5.10 Å². The van der Waals surface area contributed by atoms with E-state index in [1.54, 1.807) is 6.20 Å². The Balaban J connectivity index is 1.17. The van der Waals surface area contributed by atoms with Crippen LogP contribution in [0.4, 0.5) is 16.6 Å². The SMILES string of the molecule is Cc1cn2c(Nc3cc(C4CCC(OC(=O)NC5(C)CC5)C4)[nH]n3)nc(-c3ccccn3)cc2n1. The Bertz CT molecular complexity index is 1370. The molecule has 0 saturated heterocycles. The molecule has 4 heterocycles. The Kier molecular flexibility index (Phi) is 5.16. The second-order valence-electron chi connectivity index (χ2n) is 9.85. The minimum Gasteiger partial charge on any atom is -0.446 e. The molecule has 0 radical (unpaired) electrons. The molecule has 2 unspecified atom stereocenters. The lowest BCUT2D eigenvalue weighted by atomic mass is 10.0. The number of H-pyrrole nitrogens is 1. The fraction of sp³-hybridized carbons (Fsp3) is 0.400.